The first-order valence-electron chi connectivity index (χ1n) is 13.3. The number of methoxy groups -OCH3 is 2. The lowest BCUT2D eigenvalue weighted by Gasteiger charge is -2.19. The third-order valence-electron chi connectivity index (χ3n) is 8.18. The Kier molecular flexibility index (Phi) is 6.39. The van der Waals surface area contributed by atoms with Crippen LogP contribution in [0.15, 0.2) is 48.5 Å². The van der Waals surface area contributed by atoms with Crippen LogP contribution in [0.2, 0.25) is 0 Å². The summed E-state index contributed by atoms with van der Waals surface area (Å²) < 4.78 is 51.1. The minimum absolute atomic E-state index is 0.0826. The number of anilines is 1. The lowest BCUT2D eigenvalue weighted by atomic mass is 9.95. The van der Waals surface area contributed by atoms with Crippen LogP contribution in [0.3, 0.4) is 0 Å². The maximum absolute atomic E-state index is 13.1. The lowest BCUT2D eigenvalue weighted by molar-refractivity contribution is -0.133. The van der Waals surface area contributed by atoms with Crippen LogP contribution in [-0.4, -0.2) is 58.2 Å². The van der Waals surface area contributed by atoms with Crippen LogP contribution in [0.4, 0.5) is 18.9 Å². The Morgan fingerprint density at radius 1 is 1.22 bits per heavy atom. The van der Waals surface area contributed by atoms with Crippen molar-refractivity contribution in [3.05, 3.63) is 65.9 Å². The molecule has 3 aliphatic rings. The Morgan fingerprint density at radius 2 is 2.00 bits per heavy atom. The summed E-state index contributed by atoms with van der Waals surface area (Å²) in [4.78, 5) is 27.3. The summed E-state index contributed by atoms with van der Waals surface area (Å²) >= 11 is 0. The van der Waals surface area contributed by atoms with E-state index in [1.54, 1.807) is 23.3 Å². The Morgan fingerprint density at radius 3 is 2.68 bits per heavy atom. The summed E-state index contributed by atoms with van der Waals surface area (Å²) in [6, 6.07) is 6.02. The number of fused-ring (bicyclic) bond motifs is 2. The number of allylic oxidation sites excluding steroid dienone is 1. The third-order valence-corrected chi connectivity index (χ3v) is 8.18. The quantitative estimate of drug-likeness (QED) is 0.334. The average molecular weight is 567 g/mol. The van der Waals surface area contributed by atoms with Crippen LogP contribution >= 0.6 is 0 Å². The maximum atomic E-state index is 13.1. The van der Waals surface area contributed by atoms with Gasteiger partial charge < -0.3 is 14.4 Å². The number of carbonyl (C=O) groups is 1. The van der Waals surface area contributed by atoms with Gasteiger partial charge in [0.25, 0.3) is 0 Å². The van der Waals surface area contributed by atoms with Gasteiger partial charge in [0.05, 0.1) is 37.3 Å². The topological polar surface area (TPSA) is 94.7 Å². The zero-order chi connectivity index (χ0) is 29.1. The number of ether oxygens (including phenoxy) is 2. The fourth-order valence-corrected chi connectivity index (χ4v) is 5.75. The number of carbonyl (C=O) groups excluding carboxylic acids is 1. The molecule has 0 N–H and O–H groups in total. The number of nitrogens with zero attached hydrogens (tertiary/aromatic N) is 6. The van der Waals surface area contributed by atoms with Crippen molar-refractivity contribution in [1.29, 1.82) is 0 Å². The molecule has 1 amide bonds. The molecule has 2 aromatic heterocycles. The molecule has 3 heterocycles. The Balaban J connectivity index is 1.22. The van der Waals surface area contributed by atoms with Gasteiger partial charge in [-0.1, -0.05) is 18.7 Å². The van der Waals surface area contributed by atoms with Crippen LogP contribution in [-0.2, 0) is 10.2 Å². The molecule has 214 valence electrons. The molecular weight excluding hydrogens is 537 g/mol. The van der Waals surface area contributed by atoms with Gasteiger partial charge in [-0.25, -0.2) is 14.6 Å². The third kappa shape index (κ3) is 4.74. The number of amides is 1. The highest BCUT2D eigenvalue weighted by molar-refractivity contribution is 6.10. The molecule has 2 saturated carbocycles. The number of benzene rings is 1. The van der Waals surface area contributed by atoms with E-state index >= 15 is 0 Å². The van der Waals surface area contributed by atoms with E-state index in [0.29, 0.717) is 41.5 Å². The highest BCUT2D eigenvalue weighted by Gasteiger charge is 2.59. The first-order chi connectivity index (χ1) is 19.6. The second kappa shape index (κ2) is 9.71. The maximum Gasteiger partial charge on any atom is 0.390 e. The van der Waals surface area contributed by atoms with Gasteiger partial charge >= 0.3 is 12.2 Å². The fourth-order valence-electron chi connectivity index (χ4n) is 5.75. The molecule has 3 aromatic rings. The number of alkyl halides is 3. The first kappa shape index (κ1) is 27.0. The molecule has 1 aromatic carbocycles. The number of aromatic nitrogens is 4. The van der Waals surface area contributed by atoms with Crippen molar-refractivity contribution in [3.8, 4) is 11.9 Å². The molecule has 0 radical (unpaired) electrons. The monoisotopic (exact) mass is 566 g/mol. The van der Waals surface area contributed by atoms with Gasteiger partial charge in [0, 0.05) is 30.8 Å². The van der Waals surface area contributed by atoms with E-state index in [9.17, 15) is 18.0 Å². The minimum atomic E-state index is -4.33. The standard InChI is InChI=1S/C29H29F3N6O3/c1-16(24-33-10-12-38(24)36-17(2)21-15-34-27(41-4)35-25(21)40-3)19-14-20(19)18-5-6-22-23(13-18)37(11-9-29(30,31)32)26(39)28(22)7-8-28/h5-6,10,12-13,15,19-20H,1,7-9,11,14H2,2-4H3/b36-17+/t19-,20-/m1/s1. The van der Waals surface area contributed by atoms with Crippen LogP contribution in [0.1, 0.15) is 61.0 Å². The molecule has 6 rings (SSSR count). The lowest BCUT2D eigenvalue weighted by Crippen LogP contribution is -2.34. The van der Waals surface area contributed by atoms with Gasteiger partial charge in [-0.3, -0.25) is 4.79 Å². The van der Waals surface area contributed by atoms with E-state index in [-0.39, 0.29) is 30.3 Å². The van der Waals surface area contributed by atoms with Gasteiger partial charge in [-0.15, -0.1) is 0 Å². The number of rotatable bonds is 9. The molecule has 1 spiro atoms. The van der Waals surface area contributed by atoms with Crippen molar-refractivity contribution in [3.63, 3.8) is 0 Å². The zero-order valence-corrected chi connectivity index (χ0v) is 22.9. The molecule has 2 fully saturated rings. The van der Waals surface area contributed by atoms with Crippen molar-refractivity contribution in [2.75, 3.05) is 25.7 Å². The first-order valence-corrected chi connectivity index (χ1v) is 13.3. The second-order valence-electron chi connectivity index (χ2n) is 10.7. The van der Waals surface area contributed by atoms with Gasteiger partial charge in [0.1, 0.15) is 0 Å². The highest BCUT2D eigenvalue weighted by Crippen LogP contribution is 2.60. The number of hydrogen-bond donors (Lipinski definition) is 0. The van der Waals surface area contributed by atoms with E-state index < -0.39 is 18.0 Å². The van der Waals surface area contributed by atoms with E-state index in [2.05, 4.69) is 26.6 Å². The zero-order valence-electron chi connectivity index (χ0n) is 22.9. The smallest absolute Gasteiger partial charge is 0.390 e. The van der Waals surface area contributed by atoms with Crippen molar-refractivity contribution >= 4 is 22.9 Å². The molecule has 0 unspecified atom stereocenters. The predicted octanol–water partition coefficient (Wildman–Crippen LogP) is 5.11. The molecule has 41 heavy (non-hydrogen) atoms. The molecule has 2 atom stereocenters. The summed E-state index contributed by atoms with van der Waals surface area (Å²) in [5, 5.41) is 4.68. The average Bonchev–Trinajstić information content (AvgIpc) is 3.86. The van der Waals surface area contributed by atoms with Crippen molar-refractivity contribution in [1.82, 2.24) is 19.6 Å². The Labute approximate surface area is 234 Å². The van der Waals surface area contributed by atoms with E-state index in [0.717, 1.165) is 23.1 Å². The summed E-state index contributed by atoms with van der Waals surface area (Å²) in [5.41, 5.74) is 3.81. The van der Waals surface area contributed by atoms with Crippen LogP contribution < -0.4 is 14.4 Å². The SMILES string of the molecule is C=C(c1nccn1/N=C(\C)c1cnc(OC)nc1OC)[C@H]1C[C@@H]1c1ccc2c(c1)N(CCC(F)(F)F)C(=O)C21CC1. The number of hydrogen-bond acceptors (Lipinski definition) is 7. The van der Waals surface area contributed by atoms with Gasteiger partial charge in [0.2, 0.25) is 11.8 Å². The molecule has 12 heteroatoms. The van der Waals surface area contributed by atoms with Crippen LogP contribution in [0, 0.1) is 5.92 Å². The van der Waals surface area contributed by atoms with Crippen molar-refractivity contribution < 1.29 is 27.4 Å². The van der Waals surface area contributed by atoms with Gasteiger partial charge in [-0.2, -0.15) is 23.3 Å². The number of imidazole rings is 1. The largest absolute Gasteiger partial charge is 0.480 e. The molecule has 0 saturated heterocycles. The predicted molar refractivity (Wildman–Crippen MR) is 145 cm³/mol. The van der Waals surface area contributed by atoms with Gasteiger partial charge in [-0.05, 0) is 60.8 Å². The summed E-state index contributed by atoms with van der Waals surface area (Å²) in [5.74, 6) is 0.922. The normalized spacial score (nSPS) is 20.8. The van der Waals surface area contributed by atoms with E-state index in [1.165, 1.54) is 19.1 Å². The highest BCUT2D eigenvalue weighted by atomic mass is 19.4. The Hall–Kier alpha value is -4.22. The van der Waals surface area contributed by atoms with Gasteiger partial charge in [0.15, 0.2) is 5.82 Å². The molecule has 0 bridgehead atoms. The molecule has 1 aliphatic heterocycles. The molecular formula is C29H29F3N6O3. The molecule has 9 nitrogen and oxygen atoms in total. The summed E-state index contributed by atoms with van der Waals surface area (Å²) in [7, 11) is 2.98. The van der Waals surface area contributed by atoms with Crippen molar-refractivity contribution in [2.45, 2.75) is 50.1 Å². The van der Waals surface area contributed by atoms with Crippen LogP contribution in [0.5, 0.6) is 11.9 Å². The minimum Gasteiger partial charge on any atom is -0.480 e. The van der Waals surface area contributed by atoms with Crippen LogP contribution in [0.25, 0.3) is 5.57 Å². The summed E-state index contributed by atoms with van der Waals surface area (Å²) in [6.45, 7) is 5.76. The Bertz CT molecular complexity index is 1580. The molecule has 2 aliphatic carbocycles. The summed E-state index contributed by atoms with van der Waals surface area (Å²) in [6.07, 6.45) is 1.77. The van der Waals surface area contributed by atoms with Crippen molar-refractivity contribution in [2.24, 2.45) is 11.0 Å². The fraction of sp³-hybridized carbons (Fsp3) is 0.414. The second-order valence-corrected chi connectivity index (χ2v) is 10.7. The van der Waals surface area contributed by atoms with E-state index in [1.807, 2.05) is 25.1 Å². The number of halogens is 3. The van der Waals surface area contributed by atoms with E-state index in [4.69, 9.17) is 9.47 Å².